The van der Waals surface area contributed by atoms with Crippen molar-refractivity contribution >= 4 is 17.6 Å². The molecule has 2 atom stereocenters. The van der Waals surface area contributed by atoms with Gasteiger partial charge in [-0.3, -0.25) is 4.79 Å². The third-order valence-corrected chi connectivity index (χ3v) is 3.98. The minimum absolute atomic E-state index is 0.225. The average Bonchev–Trinajstić information content (AvgIpc) is 2.85. The summed E-state index contributed by atoms with van der Waals surface area (Å²) in [4.78, 5) is 23.3. The fourth-order valence-corrected chi connectivity index (χ4v) is 2.85. The van der Waals surface area contributed by atoms with Gasteiger partial charge in [0, 0.05) is 12.1 Å². The third kappa shape index (κ3) is 3.07. The maximum absolute atomic E-state index is 13.4. The number of nitrogens with two attached hydrogens (primary N) is 1. The summed E-state index contributed by atoms with van der Waals surface area (Å²) in [5, 5.41) is 15.3. The highest BCUT2D eigenvalue weighted by Crippen LogP contribution is 2.31. The lowest BCUT2D eigenvalue weighted by Crippen LogP contribution is -2.36. The Labute approximate surface area is 137 Å². The van der Waals surface area contributed by atoms with Crippen molar-refractivity contribution in [2.75, 3.05) is 5.32 Å². The number of urea groups is 1. The van der Waals surface area contributed by atoms with Crippen molar-refractivity contribution in [3.63, 3.8) is 0 Å². The monoisotopic (exact) mass is 329 g/mol. The zero-order valence-electron chi connectivity index (χ0n) is 12.6. The highest BCUT2D eigenvalue weighted by molar-refractivity contribution is 5.96. The molecule has 0 bridgehead atoms. The topological polar surface area (TPSA) is 104 Å². The maximum atomic E-state index is 13.4. The van der Waals surface area contributed by atoms with E-state index >= 15 is 0 Å². The number of hydrogen-bond acceptors (Lipinski definition) is 3. The van der Waals surface area contributed by atoms with Gasteiger partial charge in [-0.2, -0.15) is 0 Å². The number of rotatable bonds is 3. The van der Waals surface area contributed by atoms with Crippen LogP contribution in [0.4, 0.5) is 14.9 Å². The maximum Gasteiger partial charge on any atom is 0.319 e. The van der Waals surface area contributed by atoms with Crippen LogP contribution in [0.1, 0.15) is 27.5 Å². The molecule has 0 radical (unpaired) electrons. The highest BCUT2D eigenvalue weighted by atomic mass is 19.1. The number of carbonyl (C=O) groups is 2. The van der Waals surface area contributed by atoms with Gasteiger partial charge in [0.05, 0.1) is 17.7 Å². The largest absolute Gasteiger partial charge is 0.390 e. The van der Waals surface area contributed by atoms with E-state index in [1.807, 2.05) is 24.3 Å². The molecule has 0 saturated carbocycles. The summed E-state index contributed by atoms with van der Waals surface area (Å²) < 4.78 is 13.4. The quantitative estimate of drug-likeness (QED) is 0.689. The van der Waals surface area contributed by atoms with E-state index in [2.05, 4.69) is 10.6 Å². The fourth-order valence-electron chi connectivity index (χ4n) is 2.85. The number of anilines is 1. The van der Waals surface area contributed by atoms with Crippen LogP contribution in [0.25, 0.3) is 0 Å². The molecule has 1 aliphatic rings. The van der Waals surface area contributed by atoms with Gasteiger partial charge in [0.1, 0.15) is 5.82 Å². The zero-order chi connectivity index (χ0) is 17.3. The lowest BCUT2D eigenvalue weighted by atomic mass is 10.1. The summed E-state index contributed by atoms with van der Waals surface area (Å²) >= 11 is 0. The molecule has 0 heterocycles. The van der Waals surface area contributed by atoms with Crippen LogP contribution >= 0.6 is 0 Å². The van der Waals surface area contributed by atoms with Crippen LogP contribution in [0.2, 0.25) is 0 Å². The molecule has 2 aromatic rings. The van der Waals surface area contributed by atoms with Gasteiger partial charge in [-0.05, 0) is 29.3 Å². The fraction of sp³-hybridized carbons (Fsp3) is 0.176. The van der Waals surface area contributed by atoms with Gasteiger partial charge in [0.15, 0.2) is 0 Å². The lowest BCUT2D eigenvalue weighted by molar-refractivity contribution is 0.0996. The Bertz CT molecular complexity index is 809. The minimum atomic E-state index is -0.920. The SMILES string of the molecule is NC(=O)c1cc(NC(=O)N[C@H]2c3ccccc3C[C@H]2O)ccc1F. The van der Waals surface area contributed by atoms with Crippen molar-refractivity contribution < 1.29 is 19.1 Å². The Morgan fingerprint density at radius 3 is 2.71 bits per heavy atom. The Morgan fingerprint density at radius 1 is 1.21 bits per heavy atom. The first kappa shape index (κ1) is 15.9. The van der Waals surface area contributed by atoms with Gasteiger partial charge in [0.2, 0.25) is 0 Å². The van der Waals surface area contributed by atoms with Gasteiger partial charge in [-0.1, -0.05) is 24.3 Å². The van der Waals surface area contributed by atoms with Crippen LogP contribution in [0.15, 0.2) is 42.5 Å². The van der Waals surface area contributed by atoms with E-state index in [1.54, 1.807) is 0 Å². The second-order valence-electron chi connectivity index (χ2n) is 5.61. The van der Waals surface area contributed by atoms with E-state index in [0.29, 0.717) is 6.42 Å². The molecule has 3 amide bonds. The number of primary amides is 1. The molecule has 5 N–H and O–H groups in total. The molecule has 24 heavy (non-hydrogen) atoms. The molecule has 0 aliphatic heterocycles. The molecular formula is C17H16FN3O3. The highest BCUT2D eigenvalue weighted by Gasteiger charge is 2.31. The number of halogens is 1. The number of fused-ring (bicyclic) bond motifs is 1. The second-order valence-corrected chi connectivity index (χ2v) is 5.61. The molecule has 0 aromatic heterocycles. The van der Waals surface area contributed by atoms with Crippen LogP contribution in [0.5, 0.6) is 0 Å². The first-order valence-electron chi connectivity index (χ1n) is 7.38. The minimum Gasteiger partial charge on any atom is -0.390 e. The van der Waals surface area contributed by atoms with Crippen LogP contribution in [-0.4, -0.2) is 23.1 Å². The first-order valence-corrected chi connectivity index (χ1v) is 7.38. The molecule has 0 spiro atoms. The molecule has 7 heteroatoms. The van der Waals surface area contributed by atoms with Crippen molar-refractivity contribution in [1.29, 1.82) is 0 Å². The summed E-state index contributed by atoms with van der Waals surface area (Å²) in [7, 11) is 0. The number of carbonyl (C=O) groups excluding carboxylic acids is 2. The van der Waals surface area contributed by atoms with E-state index in [4.69, 9.17) is 5.73 Å². The van der Waals surface area contributed by atoms with Gasteiger partial charge in [-0.25, -0.2) is 9.18 Å². The van der Waals surface area contributed by atoms with Gasteiger partial charge >= 0.3 is 6.03 Å². The molecule has 124 valence electrons. The number of aliphatic hydroxyl groups excluding tert-OH is 1. The average molecular weight is 329 g/mol. The Morgan fingerprint density at radius 2 is 1.96 bits per heavy atom. The van der Waals surface area contributed by atoms with E-state index < -0.39 is 29.9 Å². The molecular weight excluding hydrogens is 313 g/mol. The van der Waals surface area contributed by atoms with Gasteiger partial charge in [-0.15, -0.1) is 0 Å². The lowest BCUT2D eigenvalue weighted by Gasteiger charge is -2.18. The van der Waals surface area contributed by atoms with E-state index in [9.17, 15) is 19.1 Å². The predicted octanol–water partition coefficient (Wildman–Crippen LogP) is 1.70. The normalized spacial score (nSPS) is 18.8. The van der Waals surface area contributed by atoms with Crippen molar-refractivity contribution in [3.8, 4) is 0 Å². The van der Waals surface area contributed by atoms with Gasteiger partial charge in [0.25, 0.3) is 5.91 Å². The summed E-state index contributed by atoms with van der Waals surface area (Å²) in [6.45, 7) is 0. The second kappa shape index (κ2) is 6.29. The molecule has 6 nitrogen and oxygen atoms in total. The van der Waals surface area contributed by atoms with Crippen LogP contribution in [-0.2, 0) is 6.42 Å². The third-order valence-electron chi connectivity index (χ3n) is 3.98. The Hall–Kier alpha value is -2.93. The van der Waals surface area contributed by atoms with Crippen LogP contribution in [0, 0.1) is 5.82 Å². The summed E-state index contributed by atoms with van der Waals surface area (Å²) in [5.41, 5.74) is 6.83. The Balaban J connectivity index is 1.73. The molecule has 0 saturated heterocycles. The smallest absolute Gasteiger partial charge is 0.319 e. The van der Waals surface area contributed by atoms with Crippen LogP contribution < -0.4 is 16.4 Å². The number of amides is 3. The van der Waals surface area contributed by atoms with Crippen LogP contribution in [0.3, 0.4) is 0 Å². The van der Waals surface area contributed by atoms with E-state index in [1.165, 1.54) is 6.07 Å². The number of aliphatic hydroxyl groups is 1. The molecule has 1 aliphatic carbocycles. The predicted molar refractivity (Wildman–Crippen MR) is 86.0 cm³/mol. The van der Waals surface area contributed by atoms with Crippen molar-refractivity contribution in [2.24, 2.45) is 5.73 Å². The van der Waals surface area contributed by atoms with E-state index in [0.717, 1.165) is 23.3 Å². The summed E-state index contributed by atoms with van der Waals surface area (Å²) in [6.07, 6.45) is -0.258. The molecule has 3 rings (SSSR count). The molecule has 0 unspecified atom stereocenters. The molecule has 0 fully saturated rings. The van der Waals surface area contributed by atoms with E-state index in [-0.39, 0.29) is 11.3 Å². The standard InChI is InChI=1S/C17H16FN3O3/c18-13-6-5-10(8-12(13)16(19)23)20-17(24)21-15-11-4-2-1-3-9(11)7-14(15)22/h1-6,8,14-15,22H,7H2,(H2,19,23)(H2,20,21,24)/t14-,15+/m1/s1. The Kier molecular flexibility index (Phi) is 4.18. The van der Waals surface area contributed by atoms with Gasteiger partial charge < -0.3 is 21.5 Å². The van der Waals surface area contributed by atoms with Crippen molar-refractivity contribution in [1.82, 2.24) is 5.32 Å². The van der Waals surface area contributed by atoms with Crippen molar-refractivity contribution in [2.45, 2.75) is 18.6 Å². The first-order chi connectivity index (χ1) is 11.5. The number of nitrogens with one attached hydrogen (secondary N) is 2. The number of benzene rings is 2. The molecule has 2 aromatic carbocycles. The number of hydrogen-bond donors (Lipinski definition) is 4. The zero-order valence-corrected chi connectivity index (χ0v) is 12.6. The summed E-state index contributed by atoms with van der Waals surface area (Å²) in [5.74, 6) is -1.68. The van der Waals surface area contributed by atoms with Crippen molar-refractivity contribution in [3.05, 3.63) is 65.0 Å². The summed E-state index contributed by atoms with van der Waals surface area (Å²) in [6, 6.07) is 9.89.